The molecule has 1 N–H and O–H groups in total. The molecule has 2 aliphatic rings. The maximum atomic E-state index is 13.1. The molecular weight excluding hydrogens is 446 g/mol. The van der Waals surface area contributed by atoms with Gasteiger partial charge in [-0.05, 0) is 40.5 Å². The summed E-state index contributed by atoms with van der Waals surface area (Å²) < 4.78 is 16.6. The Balaban J connectivity index is 1.35. The molecule has 3 aromatic carbocycles. The second-order valence-electron chi connectivity index (χ2n) is 8.87. The summed E-state index contributed by atoms with van der Waals surface area (Å²) >= 11 is 0. The first-order chi connectivity index (χ1) is 17.0. The van der Waals surface area contributed by atoms with Gasteiger partial charge in [0.15, 0.2) is 0 Å². The van der Waals surface area contributed by atoms with Crippen molar-refractivity contribution in [2.75, 3.05) is 33.9 Å². The molecule has 1 amide bonds. The maximum Gasteiger partial charge on any atom is 0.409 e. The number of likely N-dealkylation sites (tertiary alicyclic amines) is 1. The molecule has 2 atom stereocenters. The second kappa shape index (κ2) is 9.33. The normalized spacial score (nSPS) is 18.6. The number of hydrogen-bond donors (Lipinski definition) is 1. The number of hydrogen-bond acceptors (Lipinski definition) is 5. The van der Waals surface area contributed by atoms with Crippen molar-refractivity contribution < 1.29 is 28.9 Å². The first kappa shape index (κ1) is 22.8. The smallest absolute Gasteiger partial charge is 0.409 e. The highest BCUT2D eigenvalue weighted by atomic mass is 16.6. The molecule has 0 radical (unpaired) electrons. The average molecular weight is 474 g/mol. The first-order valence-corrected chi connectivity index (χ1v) is 11.6. The minimum Gasteiger partial charge on any atom is -0.497 e. The van der Waals surface area contributed by atoms with E-state index in [0.717, 1.165) is 22.3 Å². The van der Waals surface area contributed by atoms with Gasteiger partial charge in [0.1, 0.15) is 18.1 Å². The molecule has 1 saturated heterocycles. The Bertz CT molecular complexity index is 1230. The van der Waals surface area contributed by atoms with Crippen LogP contribution in [0.4, 0.5) is 4.79 Å². The van der Waals surface area contributed by atoms with Gasteiger partial charge in [0.05, 0.1) is 20.1 Å². The van der Waals surface area contributed by atoms with Crippen LogP contribution in [0.3, 0.4) is 0 Å². The number of aliphatic carboxylic acids is 1. The standard InChI is InChI=1S/C28H27NO6/c1-33-17-11-12-26(34-2)22(13-17)23-14-29(15-24(23)27(30)31)28(32)35-16-25-20-9-5-3-7-18(20)19-8-4-6-10-21(19)25/h3-13,23-25H,14-16H2,1-2H3,(H,30,31). The van der Waals surface area contributed by atoms with Crippen molar-refractivity contribution in [2.24, 2.45) is 5.92 Å². The zero-order valence-corrected chi connectivity index (χ0v) is 19.6. The molecule has 180 valence electrons. The highest BCUT2D eigenvalue weighted by Crippen LogP contribution is 2.45. The molecule has 0 spiro atoms. The van der Waals surface area contributed by atoms with Crippen LogP contribution in [-0.4, -0.2) is 56.0 Å². The van der Waals surface area contributed by atoms with E-state index in [1.165, 1.54) is 4.90 Å². The Kier molecular flexibility index (Phi) is 6.07. The average Bonchev–Trinajstić information content (AvgIpc) is 3.47. The summed E-state index contributed by atoms with van der Waals surface area (Å²) in [6.07, 6.45) is -0.512. The van der Waals surface area contributed by atoms with E-state index >= 15 is 0 Å². The van der Waals surface area contributed by atoms with Crippen molar-refractivity contribution >= 4 is 12.1 Å². The van der Waals surface area contributed by atoms with Crippen molar-refractivity contribution in [3.63, 3.8) is 0 Å². The lowest BCUT2D eigenvalue weighted by Crippen LogP contribution is -2.31. The fourth-order valence-electron chi connectivity index (χ4n) is 5.33. The fourth-order valence-corrected chi connectivity index (χ4v) is 5.33. The van der Waals surface area contributed by atoms with Crippen LogP contribution in [0.25, 0.3) is 11.1 Å². The third-order valence-corrected chi connectivity index (χ3v) is 7.07. The van der Waals surface area contributed by atoms with E-state index < -0.39 is 23.9 Å². The molecule has 7 heteroatoms. The number of carbonyl (C=O) groups excluding carboxylic acids is 1. The van der Waals surface area contributed by atoms with Gasteiger partial charge < -0.3 is 24.2 Å². The van der Waals surface area contributed by atoms with Gasteiger partial charge in [-0.1, -0.05) is 48.5 Å². The monoisotopic (exact) mass is 473 g/mol. The third-order valence-electron chi connectivity index (χ3n) is 7.07. The minimum absolute atomic E-state index is 0.0569. The van der Waals surface area contributed by atoms with Crippen molar-refractivity contribution in [3.8, 4) is 22.6 Å². The Labute approximate surface area is 203 Å². The van der Waals surface area contributed by atoms with E-state index in [2.05, 4.69) is 24.3 Å². The number of benzene rings is 3. The molecule has 1 aliphatic carbocycles. The van der Waals surface area contributed by atoms with Gasteiger partial charge in [0.25, 0.3) is 0 Å². The number of carboxylic acid groups (broad SMARTS) is 1. The SMILES string of the molecule is COc1ccc(OC)c(C2CN(C(=O)OCC3c4ccccc4-c4ccccc43)CC2C(=O)O)c1. The quantitative estimate of drug-likeness (QED) is 0.556. The molecule has 1 aliphatic heterocycles. The first-order valence-electron chi connectivity index (χ1n) is 11.6. The van der Waals surface area contributed by atoms with Gasteiger partial charge in [0, 0.05) is 30.5 Å². The minimum atomic E-state index is -0.964. The second-order valence-corrected chi connectivity index (χ2v) is 8.87. The van der Waals surface area contributed by atoms with E-state index in [0.29, 0.717) is 17.1 Å². The van der Waals surface area contributed by atoms with Gasteiger partial charge in [-0.15, -0.1) is 0 Å². The number of fused-ring (bicyclic) bond motifs is 3. The van der Waals surface area contributed by atoms with Crippen LogP contribution in [-0.2, 0) is 9.53 Å². The fraction of sp³-hybridized carbons (Fsp3) is 0.286. The molecule has 1 fully saturated rings. The molecule has 0 aromatic heterocycles. The van der Waals surface area contributed by atoms with Crippen molar-refractivity contribution in [3.05, 3.63) is 83.4 Å². The lowest BCUT2D eigenvalue weighted by molar-refractivity contribution is -0.141. The van der Waals surface area contributed by atoms with Gasteiger partial charge >= 0.3 is 12.1 Å². The summed E-state index contributed by atoms with van der Waals surface area (Å²) in [4.78, 5) is 26.7. The van der Waals surface area contributed by atoms with Crippen LogP contribution in [0.15, 0.2) is 66.7 Å². The Hall–Kier alpha value is -4.00. The van der Waals surface area contributed by atoms with Crippen LogP contribution in [0.1, 0.15) is 28.5 Å². The van der Waals surface area contributed by atoms with E-state index in [9.17, 15) is 14.7 Å². The van der Waals surface area contributed by atoms with Crippen LogP contribution < -0.4 is 9.47 Å². The van der Waals surface area contributed by atoms with Crippen LogP contribution in [0.5, 0.6) is 11.5 Å². The van der Waals surface area contributed by atoms with Crippen molar-refractivity contribution in [1.29, 1.82) is 0 Å². The van der Waals surface area contributed by atoms with Gasteiger partial charge in [-0.2, -0.15) is 0 Å². The molecule has 1 heterocycles. The van der Waals surface area contributed by atoms with E-state index in [1.54, 1.807) is 32.4 Å². The van der Waals surface area contributed by atoms with E-state index in [1.807, 2.05) is 24.3 Å². The summed E-state index contributed by atoms with van der Waals surface area (Å²) in [7, 11) is 3.09. The number of methoxy groups -OCH3 is 2. The van der Waals surface area contributed by atoms with E-state index in [-0.39, 0.29) is 25.6 Å². The predicted molar refractivity (Wildman–Crippen MR) is 130 cm³/mol. The zero-order valence-electron chi connectivity index (χ0n) is 19.6. The summed E-state index contributed by atoms with van der Waals surface area (Å²) in [5, 5.41) is 9.90. The molecule has 5 rings (SSSR count). The van der Waals surface area contributed by atoms with Crippen LogP contribution in [0, 0.1) is 5.92 Å². The number of ether oxygens (including phenoxy) is 3. The van der Waals surface area contributed by atoms with Gasteiger partial charge in [0.2, 0.25) is 0 Å². The van der Waals surface area contributed by atoms with Crippen molar-refractivity contribution in [2.45, 2.75) is 11.8 Å². The summed E-state index contributed by atoms with van der Waals surface area (Å²) in [5.74, 6) is -1.08. The molecular formula is C28H27NO6. The zero-order chi connectivity index (χ0) is 24.5. The highest BCUT2D eigenvalue weighted by molar-refractivity contribution is 5.79. The third kappa shape index (κ3) is 4.07. The molecule has 3 aromatic rings. The van der Waals surface area contributed by atoms with Gasteiger partial charge in [-0.25, -0.2) is 4.79 Å². The summed E-state index contributed by atoms with van der Waals surface area (Å²) in [6.45, 7) is 0.475. The predicted octanol–water partition coefficient (Wildman–Crippen LogP) is 4.75. The summed E-state index contributed by atoms with van der Waals surface area (Å²) in [6, 6.07) is 21.6. The topological polar surface area (TPSA) is 85.3 Å². The molecule has 7 nitrogen and oxygen atoms in total. The molecule has 2 unspecified atom stereocenters. The van der Waals surface area contributed by atoms with Crippen LogP contribution in [0.2, 0.25) is 0 Å². The Morgan fingerprint density at radius 3 is 2.14 bits per heavy atom. The molecule has 35 heavy (non-hydrogen) atoms. The number of rotatable bonds is 6. The van der Waals surface area contributed by atoms with E-state index in [4.69, 9.17) is 14.2 Å². The number of amides is 1. The lowest BCUT2D eigenvalue weighted by Gasteiger charge is -2.20. The van der Waals surface area contributed by atoms with Crippen LogP contribution >= 0.6 is 0 Å². The Morgan fingerprint density at radius 1 is 0.886 bits per heavy atom. The molecule has 0 bridgehead atoms. The number of carboxylic acids is 1. The number of carbonyl (C=O) groups is 2. The largest absolute Gasteiger partial charge is 0.497 e. The lowest BCUT2D eigenvalue weighted by atomic mass is 9.88. The molecule has 0 saturated carbocycles. The summed E-state index contributed by atoms with van der Waals surface area (Å²) in [5.41, 5.74) is 5.27. The van der Waals surface area contributed by atoms with Gasteiger partial charge in [-0.3, -0.25) is 4.79 Å². The Morgan fingerprint density at radius 2 is 1.54 bits per heavy atom. The highest BCUT2D eigenvalue weighted by Gasteiger charge is 2.43. The number of nitrogens with zero attached hydrogens (tertiary/aromatic N) is 1. The van der Waals surface area contributed by atoms with Crippen molar-refractivity contribution in [1.82, 2.24) is 4.90 Å². The maximum absolute atomic E-state index is 13.1.